The molecule has 0 aromatic heterocycles. The molecule has 0 atom stereocenters. The van der Waals surface area contributed by atoms with Crippen LogP contribution in [0.4, 0.5) is 0 Å². The van der Waals surface area contributed by atoms with Crippen LogP contribution in [-0.4, -0.2) is 44.9 Å². The summed E-state index contributed by atoms with van der Waals surface area (Å²) in [5, 5.41) is 2.89. The molecule has 0 aliphatic carbocycles. The number of nitrogens with one attached hydrogen (secondary N) is 1. The van der Waals surface area contributed by atoms with Crippen molar-refractivity contribution in [2.75, 3.05) is 26.3 Å². The Morgan fingerprint density at radius 2 is 1.67 bits per heavy atom. The Bertz CT molecular complexity index is 906. The van der Waals surface area contributed by atoms with Gasteiger partial charge in [0.15, 0.2) is 0 Å². The number of nitrogens with zero attached hydrogens (tertiary/aromatic N) is 1. The minimum Gasteiger partial charge on any atom is -0.379 e. The molecule has 7 heteroatoms. The number of carbonyl (C=O) groups is 1. The number of hydrogen-bond acceptors (Lipinski definition) is 4. The fourth-order valence-corrected chi connectivity index (χ4v) is 4.64. The number of hydrogen-bond donors (Lipinski definition) is 1. The highest BCUT2D eigenvalue weighted by molar-refractivity contribution is 7.88. The topological polar surface area (TPSA) is 75.7 Å². The zero-order valence-corrected chi connectivity index (χ0v) is 16.2. The minimum absolute atomic E-state index is 0.0800. The normalized spacial score (nSPS) is 15.4. The van der Waals surface area contributed by atoms with Crippen molar-refractivity contribution in [2.24, 2.45) is 0 Å². The molecule has 0 unspecified atom stereocenters. The molecular formula is C20H24N2O4S. The lowest BCUT2D eigenvalue weighted by molar-refractivity contribution is 0.0729. The van der Waals surface area contributed by atoms with E-state index in [-0.39, 0.29) is 18.2 Å². The molecule has 2 aromatic carbocycles. The van der Waals surface area contributed by atoms with E-state index >= 15 is 0 Å². The molecule has 1 aliphatic heterocycles. The van der Waals surface area contributed by atoms with Gasteiger partial charge in [0, 0.05) is 25.2 Å². The van der Waals surface area contributed by atoms with Crippen molar-refractivity contribution < 1.29 is 17.9 Å². The van der Waals surface area contributed by atoms with E-state index in [4.69, 9.17) is 4.74 Å². The van der Waals surface area contributed by atoms with Crippen LogP contribution >= 0.6 is 0 Å². The summed E-state index contributed by atoms with van der Waals surface area (Å²) in [7, 11) is -3.42. The van der Waals surface area contributed by atoms with Gasteiger partial charge in [0.2, 0.25) is 10.0 Å². The van der Waals surface area contributed by atoms with Crippen LogP contribution in [0.2, 0.25) is 0 Å². The predicted octanol–water partition coefficient (Wildman–Crippen LogP) is 2.09. The molecule has 1 amide bonds. The Kier molecular flexibility index (Phi) is 6.26. The highest BCUT2D eigenvalue weighted by Crippen LogP contribution is 2.17. The first-order valence-corrected chi connectivity index (χ1v) is 10.5. The number of benzene rings is 2. The molecule has 1 N–H and O–H groups in total. The smallest absolute Gasteiger partial charge is 0.251 e. The number of amides is 1. The van der Waals surface area contributed by atoms with Gasteiger partial charge in [-0.3, -0.25) is 4.79 Å². The van der Waals surface area contributed by atoms with E-state index < -0.39 is 10.0 Å². The lowest BCUT2D eigenvalue weighted by Crippen LogP contribution is -2.41. The zero-order valence-electron chi connectivity index (χ0n) is 15.3. The van der Waals surface area contributed by atoms with Crippen LogP contribution in [0, 0.1) is 6.92 Å². The molecule has 3 rings (SSSR count). The van der Waals surface area contributed by atoms with Crippen LogP contribution in [0.1, 0.15) is 27.0 Å². The first kappa shape index (κ1) is 19.5. The molecule has 1 aliphatic rings. The molecule has 0 radical (unpaired) electrons. The van der Waals surface area contributed by atoms with Crippen LogP contribution < -0.4 is 5.32 Å². The largest absolute Gasteiger partial charge is 0.379 e. The van der Waals surface area contributed by atoms with Crippen molar-refractivity contribution in [3.05, 3.63) is 70.8 Å². The predicted molar refractivity (Wildman–Crippen MR) is 104 cm³/mol. The molecule has 2 aromatic rings. The third kappa shape index (κ3) is 4.94. The second-order valence-electron chi connectivity index (χ2n) is 6.53. The summed E-state index contributed by atoms with van der Waals surface area (Å²) in [6.45, 7) is 3.78. The third-order valence-corrected chi connectivity index (χ3v) is 6.48. The average Bonchev–Trinajstić information content (AvgIpc) is 2.68. The van der Waals surface area contributed by atoms with E-state index in [0.717, 1.165) is 11.1 Å². The summed E-state index contributed by atoms with van der Waals surface area (Å²) in [6.07, 6.45) is 0. The Hall–Kier alpha value is -2.22. The molecule has 1 fully saturated rings. The number of rotatable bonds is 6. The summed E-state index contributed by atoms with van der Waals surface area (Å²) < 4.78 is 32.1. The zero-order chi connectivity index (χ0) is 19.3. The van der Waals surface area contributed by atoms with Crippen LogP contribution in [0.5, 0.6) is 0 Å². The SMILES string of the molecule is Cc1ccccc1C(=O)NCc1ccccc1CS(=O)(=O)N1CCOCC1. The summed E-state index contributed by atoms with van der Waals surface area (Å²) in [4.78, 5) is 12.4. The van der Waals surface area contributed by atoms with E-state index in [2.05, 4.69) is 5.32 Å². The molecular weight excluding hydrogens is 364 g/mol. The van der Waals surface area contributed by atoms with Gasteiger partial charge >= 0.3 is 0 Å². The maximum atomic E-state index is 12.7. The monoisotopic (exact) mass is 388 g/mol. The standard InChI is InChI=1S/C20H24N2O4S/c1-16-6-2-5-9-19(16)20(23)21-14-17-7-3-4-8-18(17)15-27(24,25)22-10-12-26-13-11-22/h2-9H,10-15H2,1H3,(H,21,23). The second-order valence-corrected chi connectivity index (χ2v) is 8.50. The van der Waals surface area contributed by atoms with Gasteiger partial charge in [-0.2, -0.15) is 4.31 Å². The van der Waals surface area contributed by atoms with Crippen molar-refractivity contribution >= 4 is 15.9 Å². The molecule has 1 heterocycles. The van der Waals surface area contributed by atoms with Crippen LogP contribution in [-0.2, 0) is 27.1 Å². The van der Waals surface area contributed by atoms with Gasteiger partial charge in [0.05, 0.1) is 19.0 Å². The molecule has 144 valence electrons. The highest BCUT2D eigenvalue weighted by atomic mass is 32.2. The number of morpholine rings is 1. The van der Waals surface area contributed by atoms with Crippen molar-refractivity contribution in [3.63, 3.8) is 0 Å². The van der Waals surface area contributed by atoms with Gasteiger partial charge < -0.3 is 10.1 Å². The summed E-state index contributed by atoms with van der Waals surface area (Å²) in [6, 6.07) is 14.7. The summed E-state index contributed by atoms with van der Waals surface area (Å²) in [5.74, 6) is -0.248. The Morgan fingerprint density at radius 3 is 2.37 bits per heavy atom. The molecule has 6 nitrogen and oxygen atoms in total. The quantitative estimate of drug-likeness (QED) is 0.822. The Labute approximate surface area is 160 Å². The van der Waals surface area contributed by atoms with Crippen molar-refractivity contribution in [2.45, 2.75) is 19.2 Å². The second kappa shape index (κ2) is 8.65. The lowest BCUT2D eigenvalue weighted by Gasteiger charge is -2.26. The van der Waals surface area contributed by atoms with Crippen LogP contribution in [0.25, 0.3) is 0 Å². The van der Waals surface area contributed by atoms with E-state index in [1.165, 1.54) is 4.31 Å². The molecule has 27 heavy (non-hydrogen) atoms. The third-order valence-electron chi connectivity index (χ3n) is 4.65. The minimum atomic E-state index is -3.42. The summed E-state index contributed by atoms with van der Waals surface area (Å²) >= 11 is 0. The molecule has 0 spiro atoms. The van der Waals surface area contributed by atoms with Gasteiger partial charge in [0.25, 0.3) is 5.91 Å². The van der Waals surface area contributed by atoms with E-state index in [1.807, 2.05) is 43.3 Å². The molecule has 0 bridgehead atoms. The lowest BCUT2D eigenvalue weighted by atomic mass is 10.1. The van der Waals surface area contributed by atoms with Crippen molar-refractivity contribution in [1.82, 2.24) is 9.62 Å². The maximum absolute atomic E-state index is 12.7. The molecule has 1 saturated heterocycles. The Balaban J connectivity index is 1.70. The first-order chi connectivity index (χ1) is 13.0. The van der Waals surface area contributed by atoms with E-state index in [1.54, 1.807) is 12.1 Å². The summed E-state index contributed by atoms with van der Waals surface area (Å²) in [5.41, 5.74) is 3.03. The van der Waals surface area contributed by atoms with Gasteiger partial charge in [-0.15, -0.1) is 0 Å². The van der Waals surface area contributed by atoms with Crippen molar-refractivity contribution in [1.29, 1.82) is 0 Å². The fourth-order valence-electron chi connectivity index (χ4n) is 3.08. The number of aryl methyl sites for hydroxylation is 1. The molecule has 0 saturated carbocycles. The average molecular weight is 388 g/mol. The maximum Gasteiger partial charge on any atom is 0.251 e. The van der Waals surface area contributed by atoms with Crippen molar-refractivity contribution in [3.8, 4) is 0 Å². The van der Waals surface area contributed by atoms with Crippen LogP contribution in [0.15, 0.2) is 48.5 Å². The Morgan fingerprint density at radius 1 is 1.04 bits per heavy atom. The fraction of sp³-hybridized carbons (Fsp3) is 0.350. The van der Waals surface area contributed by atoms with Gasteiger partial charge in [-0.05, 0) is 29.7 Å². The van der Waals surface area contributed by atoms with E-state index in [9.17, 15) is 13.2 Å². The van der Waals surface area contributed by atoms with Crippen LogP contribution in [0.3, 0.4) is 0 Å². The van der Waals surface area contributed by atoms with E-state index in [0.29, 0.717) is 37.4 Å². The van der Waals surface area contributed by atoms with Gasteiger partial charge in [-0.25, -0.2) is 8.42 Å². The first-order valence-electron chi connectivity index (χ1n) is 8.93. The number of ether oxygens (including phenoxy) is 1. The number of carbonyl (C=O) groups excluding carboxylic acids is 1. The highest BCUT2D eigenvalue weighted by Gasteiger charge is 2.25. The van der Waals surface area contributed by atoms with Gasteiger partial charge in [0.1, 0.15) is 0 Å². The van der Waals surface area contributed by atoms with Gasteiger partial charge in [-0.1, -0.05) is 42.5 Å². The number of sulfonamides is 1.